The molecule has 0 bridgehead atoms. The number of carbonyl (C=O) groups excluding carboxylic acids is 1. The lowest BCUT2D eigenvalue weighted by Gasteiger charge is -2.08. The Kier molecular flexibility index (Phi) is 5.51. The molecule has 0 aliphatic carbocycles. The first-order valence-corrected chi connectivity index (χ1v) is 7.90. The lowest BCUT2D eigenvalue weighted by molar-refractivity contribution is -0.137. The van der Waals surface area contributed by atoms with E-state index in [0.29, 0.717) is 11.4 Å². The second-order valence-corrected chi connectivity index (χ2v) is 5.60. The summed E-state index contributed by atoms with van der Waals surface area (Å²) < 4.78 is 8.15. The number of allylic oxidation sites excluding steroid dienone is 1. The summed E-state index contributed by atoms with van der Waals surface area (Å²) in [6, 6.07) is 9.30. The second kappa shape index (κ2) is 7.40. The molecule has 0 saturated heterocycles. The number of para-hydroxylation sites is 1. The Bertz CT molecular complexity index is 835. The van der Waals surface area contributed by atoms with Crippen molar-refractivity contribution in [1.82, 2.24) is 9.36 Å². The normalized spacial score (nSPS) is 11.9. The van der Waals surface area contributed by atoms with Crippen LogP contribution in [-0.2, 0) is 16.6 Å². The molecule has 2 aromatic rings. The zero-order valence-corrected chi connectivity index (χ0v) is 14.8. The van der Waals surface area contributed by atoms with Gasteiger partial charge in [0, 0.05) is 12.7 Å². The van der Waals surface area contributed by atoms with Crippen molar-refractivity contribution >= 4 is 23.3 Å². The molecule has 1 aromatic heterocycles. The Labute approximate surface area is 145 Å². The minimum atomic E-state index is -0.624. The third-order valence-corrected chi connectivity index (χ3v) is 4.09. The van der Waals surface area contributed by atoms with Crippen LogP contribution in [-0.4, -0.2) is 21.9 Å². The molecule has 0 fully saturated rings. The van der Waals surface area contributed by atoms with Crippen LogP contribution in [0.15, 0.2) is 45.9 Å². The van der Waals surface area contributed by atoms with Gasteiger partial charge in [-0.1, -0.05) is 29.8 Å². The molecule has 0 spiro atoms. The SMILES string of the molecule is CCOC(=O)C(Cl)=C(C)Nc1c(C)n(C)n(-c2ccccc2)c1=O. The predicted octanol–water partition coefficient (Wildman–Crippen LogP) is 2.93. The van der Waals surface area contributed by atoms with E-state index in [4.69, 9.17) is 16.3 Å². The van der Waals surface area contributed by atoms with Crippen molar-refractivity contribution in [3.05, 3.63) is 57.1 Å². The van der Waals surface area contributed by atoms with Crippen molar-refractivity contribution in [3.8, 4) is 5.69 Å². The van der Waals surface area contributed by atoms with Gasteiger partial charge in [-0.25, -0.2) is 9.48 Å². The monoisotopic (exact) mass is 349 g/mol. The van der Waals surface area contributed by atoms with Gasteiger partial charge >= 0.3 is 5.97 Å². The molecular weight excluding hydrogens is 330 g/mol. The Morgan fingerprint density at radius 3 is 2.50 bits per heavy atom. The Morgan fingerprint density at radius 1 is 1.29 bits per heavy atom. The average molecular weight is 350 g/mol. The zero-order valence-electron chi connectivity index (χ0n) is 14.1. The van der Waals surface area contributed by atoms with E-state index in [1.165, 1.54) is 0 Å². The molecule has 6 nitrogen and oxygen atoms in total. The Morgan fingerprint density at radius 2 is 1.92 bits per heavy atom. The van der Waals surface area contributed by atoms with Crippen LogP contribution in [0.3, 0.4) is 0 Å². The number of halogens is 1. The van der Waals surface area contributed by atoms with Crippen molar-refractivity contribution < 1.29 is 9.53 Å². The molecule has 1 heterocycles. The lowest BCUT2D eigenvalue weighted by Crippen LogP contribution is -2.21. The Balaban J connectivity index is 2.45. The van der Waals surface area contributed by atoms with E-state index in [9.17, 15) is 9.59 Å². The molecule has 0 aliphatic rings. The van der Waals surface area contributed by atoms with Crippen molar-refractivity contribution in [2.75, 3.05) is 11.9 Å². The smallest absolute Gasteiger partial charge is 0.351 e. The number of rotatable bonds is 5. The first-order valence-electron chi connectivity index (χ1n) is 7.53. The average Bonchev–Trinajstić information content (AvgIpc) is 2.78. The van der Waals surface area contributed by atoms with Crippen molar-refractivity contribution in [3.63, 3.8) is 0 Å². The van der Waals surface area contributed by atoms with Crippen LogP contribution in [0, 0.1) is 6.92 Å². The maximum absolute atomic E-state index is 12.8. The van der Waals surface area contributed by atoms with E-state index in [2.05, 4.69) is 5.32 Å². The van der Waals surface area contributed by atoms with E-state index >= 15 is 0 Å². The molecule has 128 valence electrons. The van der Waals surface area contributed by atoms with Gasteiger partial charge in [-0.2, -0.15) is 0 Å². The minimum absolute atomic E-state index is 0.0780. The van der Waals surface area contributed by atoms with Crippen molar-refractivity contribution in [1.29, 1.82) is 0 Å². The standard InChI is InChI=1S/C17H20ClN3O3/c1-5-24-17(23)14(18)11(2)19-15-12(3)20(4)21(16(15)22)13-9-7-6-8-10-13/h6-10,19H,5H2,1-4H3. The number of hydrogen-bond acceptors (Lipinski definition) is 4. The summed E-state index contributed by atoms with van der Waals surface area (Å²) in [5.41, 5.74) is 1.96. The number of ether oxygens (including phenoxy) is 1. The van der Waals surface area contributed by atoms with Gasteiger partial charge in [0.15, 0.2) is 0 Å². The number of hydrogen-bond donors (Lipinski definition) is 1. The van der Waals surface area contributed by atoms with Crippen LogP contribution in [0.4, 0.5) is 5.69 Å². The van der Waals surface area contributed by atoms with E-state index in [-0.39, 0.29) is 17.2 Å². The fraction of sp³-hybridized carbons (Fsp3) is 0.294. The van der Waals surface area contributed by atoms with Crippen molar-refractivity contribution in [2.45, 2.75) is 20.8 Å². The largest absolute Gasteiger partial charge is 0.462 e. The summed E-state index contributed by atoms with van der Waals surface area (Å²) in [6.07, 6.45) is 0. The third-order valence-electron chi connectivity index (χ3n) is 3.65. The molecule has 0 saturated carbocycles. The highest BCUT2D eigenvalue weighted by molar-refractivity contribution is 6.41. The van der Waals surface area contributed by atoms with Crippen LogP contribution in [0.2, 0.25) is 0 Å². The molecule has 2 rings (SSSR count). The highest BCUT2D eigenvalue weighted by atomic mass is 35.5. The number of esters is 1. The molecule has 0 aliphatic heterocycles. The fourth-order valence-electron chi connectivity index (χ4n) is 2.30. The fourth-order valence-corrected chi connectivity index (χ4v) is 2.40. The number of benzene rings is 1. The summed E-state index contributed by atoms with van der Waals surface area (Å²) in [7, 11) is 1.79. The van der Waals surface area contributed by atoms with Gasteiger partial charge in [0.05, 0.1) is 18.0 Å². The molecular formula is C17H20ClN3O3. The molecule has 7 heteroatoms. The number of anilines is 1. The quantitative estimate of drug-likeness (QED) is 0.666. The maximum atomic E-state index is 12.8. The van der Waals surface area contributed by atoms with E-state index in [1.54, 1.807) is 30.3 Å². The molecule has 0 unspecified atom stereocenters. The second-order valence-electron chi connectivity index (χ2n) is 5.22. The first kappa shape index (κ1) is 17.9. The number of nitrogens with zero attached hydrogens (tertiary/aromatic N) is 2. The molecule has 0 radical (unpaired) electrons. The Hall–Kier alpha value is -2.47. The summed E-state index contributed by atoms with van der Waals surface area (Å²) in [5, 5.41) is 2.86. The molecule has 1 aromatic carbocycles. The van der Waals surface area contributed by atoms with Crippen LogP contribution >= 0.6 is 11.6 Å². The van der Waals surface area contributed by atoms with Crippen LogP contribution < -0.4 is 10.9 Å². The topological polar surface area (TPSA) is 65.3 Å². The van der Waals surface area contributed by atoms with Gasteiger partial charge in [-0.05, 0) is 32.9 Å². The summed E-state index contributed by atoms with van der Waals surface area (Å²) in [5.74, 6) is -0.624. The number of carbonyl (C=O) groups is 1. The van der Waals surface area contributed by atoms with E-state index in [1.807, 2.05) is 37.3 Å². The maximum Gasteiger partial charge on any atom is 0.351 e. The predicted molar refractivity (Wildman–Crippen MR) is 94.6 cm³/mol. The summed E-state index contributed by atoms with van der Waals surface area (Å²) in [6.45, 7) is 5.37. The van der Waals surface area contributed by atoms with Crippen molar-refractivity contribution in [2.24, 2.45) is 7.05 Å². The van der Waals surface area contributed by atoms with Gasteiger partial charge in [0.1, 0.15) is 10.7 Å². The lowest BCUT2D eigenvalue weighted by atomic mass is 10.3. The van der Waals surface area contributed by atoms with Gasteiger partial charge < -0.3 is 10.1 Å². The van der Waals surface area contributed by atoms with E-state index in [0.717, 1.165) is 11.4 Å². The molecule has 0 amide bonds. The summed E-state index contributed by atoms with van der Waals surface area (Å²) in [4.78, 5) is 24.5. The number of nitrogens with one attached hydrogen (secondary N) is 1. The minimum Gasteiger partial charge on any atom is -0.462 e. The first-order chi connectivity index (χ1) is 11.4. The van der Waals surface area contributed by atoms with Gasteiger partial charge in [-0.15, -0.1) is 0 Å². The molecule has 24 heavy (non-hydrogen) atoms. The van der Waals surface area contributed by atoms with Gasteiger partial charge in [0.25, 0.3) is 5.56 Å². The highest BCUT2D eigenvalue weighted by Gasteiger charge is 2.18. The third kappa shape index (κ3) is 3.38. The summed E-state index contributed by atoms with van der Waals surface area (Å²) >= 11 is 6.01. The number of aromatic nitrogens is 2. The van der Waals surface area contributed by atoms with Crippen LogP contribution in [0.5, 0.6) is 0 Å². The van der Waals surface area contributed by atoms with Gasteiger partial charge in [-0.3, -0.25) is 9.48 Å². The van der Waals surface area contributed by atoms with Crippen LogP contribution in [0.1, 0.15) is 19.5 Å². The molecule has 0 atom stereocenters. The molecule has 1 N–H and O–H groups in total. The zero-order chi connectivity index (χ0) is 17.9. The van der Waals surface area contributed by atoms with Gasteiger partial charge in [0.2, 0.25) is 0 Å². The van der Waals surface area contributed by atoms with E-state index < -0.39 is 5.97 Å². The highest BCUT2D eigenvalue weighted by Crippen LogP contribution is 2.18. The van der Waals surface area contributed by atoms with Crippen LogP contribution in [0.25, 0.3) is 5.69 Å².